The Kier molecular flexibility index (Phi) is 6.39. The number of carbonyl (C=O) groups is 1. The number of alkyl halides is 3. The smallest absolute Gasteiger partial charge is 0.385 e. The van der Waals surface area contributed by atoms with Crippen molar-refractivity contribution >= 4 is 28.7 Å². The number of aryl methyl sites for hydroxylation is 2. The van der Waals surface area contributed by atoms with Crippen LogP contribution in [0.5, 0.6) is 0 Å². The zero-order valence-electron chi connectivity index (χ0n) is 19.6. The predicted molar refractivity (Wildman–Crippen MR) is 127 cm³/mol. The quantitative estimate of drug-likeness (QED) is 0.419. The molecule has 0 radical (unpaired) electrons. The van der Waals surface area contributed by atoms with Crippen molar-refractivity contribution < 1.29 is 18.0 Å². The van der Waals surface area contributed by atoms with Gasteiger partial charge in [0.1, 0.15) is 0 Å². The first-order valence-corrected chi connectivity index (χ1v) is 10.8. The highest BCUT2D eigenvalue weighted by Crippen LogP contribution is 2.34. The van der Waals surface area contributed by atoms with Crippen LogP contribution in [0.3, 0.4) is 0 Å². The lowest BCUT2D eigenvalue weighted by molar-refractivity contribution is -0.137. The molecule has 9 nitrogen and oxygen atoms in total. The van der Waals surface area contributed by atoms with E-state index in [0.717, 1.165) is 29.1 Å². The van der Waals surface area contributed by atoms with E-state index in [1.807, 2.05) is 20.2 Å². The number of pyridine rings is 1. The predicted octanol–water partition coefficient (Wildman–Crippen LogP) is 3.96. The molecule has 3 aromatic rings. The van der Waals surface area contributed by atoms with Crippen molar-refractivity contribution in [3.8, 4) is 0 Å². The number of rotatable bonds is 6. The molecule has 184 valence electrons. The third-order valence-electron chi connectivity index (χ3n) is 5.58. The van der Waals surface area contributed by atoms with Crippen LogP contribution >= 0.6 is 0 Å². The molecule has 0 saturated carbocycles. The van der Waals surface area contributed by atoms with E-state index in [4.69, 9.17) is 0 Å². The summed E-state index contributed by atoms with van der Waals surface area (Å²) in [6, 6.07) is 4.97. The minimum atomic E-state index is -4.55. The van der Waals surface area contributed by atoms with Gasteiger partial charge in [0.2, 0.25) is 0 Å². The van der Waals surface area contributed by atoms with Gasteiger partial charge < -0.3 is 16.1 Å². The Bertz CT molecular complexity index is 1300. The summed E-state index contributed by atoms with van der Waals surface area (Å²) in [5, 5.41) is 11.3. The first kappa shape index (κ1) is 24.1. The highest BCUT2D eigenvalue weighted by atomic mass is 19.4. The lowest BCUT2D eigenvalue weighted by Gasteiger charge is -2.18. The summed E-state index contributed by atoms with van der Waals surface area (Å²) in [4.78, 5) is 17.2. The average Bonchev–Trinajstić information content (AvgIpc) is 3.40. The van der Waals surface area contributed by atoms with E-state index in [1.54, 1.807) is 35.8 Å². The molecule has 1 amide bonds. The lowest BCUT2D eigenvalue weighted by atomic mass is 10.1. The molecule has 0 fully saturated rings. The SMILES string of the molecule is CCNc1cc(NC(=O)c2cnc(C)c(N3C=C(c4cnn(C)c4C)NN3)c2)cc(C(F)(F)F)c1. The molecule has 1 aliphatic heterocycles. The monoisotopic (exact) mass is 486 g/mol. The maximum Gasteiger partial charge on any atom is 0.416 e. The van der Waals surface area contributed by atoms with Crippen molar-refractivity contribution in [1.29, 1.82) is 0 Å². The average molecular weight is 487 g/mol. The standard InChI is InChI=1S/C23H25F3N8O/c1-5-27-17-7-16(23(24,25)26)8-18(9-17)30-22(35)15-6-21(13(2)28-10-15)34-12-20(31-32-34)19-11-29-33(4)14(19)3/h6-12,27,31-32H,5H2,1-4H3,(H,30,35). The Balaban J connectivity index is 1.59. The van der Waals surface area contributed by atoms with Gasteiger partial charge in [-0.1, -0.05) is 0 Å². The van der Waals surface area contributed by atoms with Crippen molar-refractivity contribution in [2.75, 3.05) is 22.2 Å². The molecule has 12 heteroatoms. The van der Waals surface area contributed by atoms with Gasteiger partial charge in [-0.05, 0) is 45.0 Å². The van der Waals surface area contributed by atoms with Gasteiger partial charge in [-0.2, -0.15) is 18.3 Å². The summed E-state index contributed by atoms with van der Waals surface area (Å²) in [7, 11) is 1.85. The van der Waals surface area contributed by atoms with Crippen LogP contribution in [-0.2, 0) is 13.2 Å². The van der Waals surface area contributed by atoms with E-state index >= 15 is 0 Å². The molecule has 1 aromatic carbocycles. The van der Waals surface area contributed by atoms with Crippen LogP contribution < -0.4 is 26.6 Å². The number of hydrazine groups is 2. The van der Waals surface area contributed by atoms with Crippen LogP contribution in [0.25, 0.3) is 5.70 Å². The number of hydrogen-bond donors (Lipinski definition) is 4. The van der Waals surface area contributed by atoms with E-state index in [1.165, 1.54) is 12.3 Å². The van der Waals surface area contributed by atoms with Gasteiger partial charge in [0, 0.05) is 48.6 Å². The van der Waals surface area contributed by atoms with Crippen LogP contribution in [0.2, 0.25) is 0 Å². The van der Waals surface area contributed by atoms with Crippen molar-refractivity contribution in [1.82, 2.24) is 25.7 Å². The first-order chi connectivity index (χ1) is 16.6. The molecule has 1 aliphatic rings. The van der Waals surface area contributed by atoms with E-state index in [-0.39, 0.29) is 16.9 Å². The van der Waals surface area contributed by atoms with Crippen LogP contribution in [-0.4, -0.2) is 27.2 Å². The van der Waals surface area contributed by atoms with Gasteiger partial charge in [-0.3, -0.25) is 19.5 Å². The van der Waals surface area contributed by atoms with Gasteiger partial charge in [-0.15, -0.1) is 5.53 Å². The van der Waals surface area contributed by atoms with Gasteiger partial charge in [0.25, 0.3) is 5.91 Å². The molecular formula is C23H25F3N8O. The van der Waals surface area contributed by atoms with Gasteiger partial charge in [0.15, 0.2) is 0 Å². The van der Waals surface area contributed by atoms with Crippen LogP contribution in [0.15, 0.2) is 42.9 Å². The second-order valence-corrected chi connectivity index (χ2v) is 8.03. The van der Waals surface area contributed by atoms with Gasteiger partial charge in [-0.25, -0.2) is 0 Å². The Morgan fingerprint density at radius 3 is 2.51 bits per heavy atom. The minimum absolute atomic E-state index is 0.0260. The highest BCUT2D eigenvalue weighted by Gasteiger charge is 2.31. The second-order valence-electron chi connectivity index (χ2n) is 8.03. The zero-order valence-corrected chi connectivity index (χ0v) is 19.6. The lowest BCUT2D eigenvalue weighted by Crippen LogP contribution is -2.36. The van der Waals surface area contributed by atoms with Crippen molar-refractivity contribution in [2.45, 2.75) is 26.9 Å². The fraction of sp³-hybridized carbons (Fsp3) is 0.261. The molecule has 0 unspecified atom stereocenters. The summed E-state index contributed by atoms with van der Waals surface area (Å²) in [5.74, 6) is -0.583. The number of aromatic nitrogens is 3. The fourth-order valence-corrected chi connectivity index (χ4v) is 3.61. The number of nitrogens with zero attached hydrogens (tertiary/aromatic N) is 4. The third kappa shape index (κ3) is 5.06. The summed E-state index contributed by atoms with van der Waals surface area (Å²) in [6.45, 7) is 5.94. The van der Waals surface area contributed by atoms with Gasteiger partial charge in [0.05, 0.1) is 34.4 Å². The molecule has 3 heterocycles. The van der Waals surface area contributed by atoms with E-state index < -0.39 is 17.6 Å². The summed E-state index contributed by atoms with van der Waals surface area (Å²) >= 11 is 0. The molecule has 0 atom stereocenters. The summed E-state index contributed by atoms with van der Waals surface area (Å²) in [6.07, 6.45) is 0.386. The molecule has 4 rings (SSSR count). The van der Waals surface area contributed by atoms with Crippen LogP contribution in [0, 0.1) is 13.8 Å². The van der Waals surface area contributed by atoms with E-state index in [9.17, 15) is 18.0 Å². The summed E-state index contributed by atoms with van der Waals surface area (Å²) in [5.41, 5.74) is 9.59. The number of benzene rings is 1. The molecule has 0 aliphatic carbocycles. The second kappa shape index (κ2) is 9.29. The van der Waals surface area contributed by atoms with Crippen molar-refractivity contribution in [3.05, 3.63) is 70.9 Å². The minimum Gasteiger partial charge on any atom is -0.385 e. The number of anilines is 3. The van der Waals surface area contributed by atoms with Crippen molar-refractivity contribution in [2.24, 2.45) is 7.05 Å². The Morgan fingerprint density at radius 1 is 1.11 bits per heavy atom. The molecular weight excluding hydrogens is 461 g/mol. The number of amides is 1. The Hall–Kier alpha value is -4.06. The molecule has 0 spiro atoms. The molecule has 0 bridgehead atoms. The number of hydrogen-bond acceptors (Lipinski definition) is 7. The number of carbonyl (C=O) groups excluding carboxylic acids is 1. The first-order valence-electron chi connectivity index (χ1n) is 10.8. The zero-order chi connectivity index (χ0) is 25.3. The molecule has 0 saturated heterocycles. The molecule has 35 heavy (non-hydrogen) atoms. The normalized spacial score (nSPS) is 13.5. The van der Waals surface area contributed by atoms with Crippen molar-refractivity contribution in [3.63, 3.8) is 0 Å². The topological polar surface area (TPSA) is 99.1 Å². The van der Waals surface area contributed by atoms with Crippen LogP contribution in [0.1, 0.15) is 39.8 Å². The Morgan fingerprint density at radius 2 is 1.86 bits per heavy atom. The van der Waals surface area contributed by atoms with Gasteiger partial charge >= 0.3 is 6.18 Å². The fourth-order valence-electron chi connectivity index (χ4n) is 3.61. The summed E-state index contributed by atoms with van der Waals surface area (Å²) < 4.78 is 41.7. The molecule has 4 N–H and O–H groups in total. The number of nitrogens with one attached hydrogen (secondary N) is 4. The molecule has 2 aromatic heterocycles. The van der Waals surface area contributed by atoms with E-state index in [2.05, 4.69) is 31.7 Å². The highest BCUT2D eigenvalue weighted by molar-refractivity contribution is 6.05. The van der Waals surface area contributed by atoms with Crippen LogP contribution in [0.4, 0.5) is 30.2 Å². The number of halogens is 3. The largest absolute Gasteiger partial charge is 0.416 e. The maximum atomic E-state index is 13.3. The van der Waals surface area contributed by atoms with E-state index in [0.29, 0.717) is 17.9 Å². The Labute approximate surface area is 200 Å². The maximum absolute atomic E-state index is 13.3. The third-order valence-corrected chi connectivity index (χ3v) is 5.58.